The van der Waals surface area contributed by atoms with Gasteiger partial charge in [0.05, 0.1) is 11.6 Å². The van der Waals surface area contributed by atoms with Gasteiger partial charge in [-0.3, -0.25) is 4.79 Å². The molecule has 0 aromatic carbocycles. The molecule has 3 nitrogen and oxygen atoms in total. The molecular formula is C14H18N2OS. The molecule has 18 heavy (non-hydrogen) atoms. The lowest BCUT2D eigenvalue weighted by Gasteiger charge is -2.29. The quantitative estimate of drug-likeness (QED) is 0.887. The zero-order chi connectivity index (χ0) is 12.8. The standard InChI is InChI=1S/C14H18N2OS/c15-11-14(7-4-2-1-3-5-8-14)16-13(17)12-6-9-18-10-12/h6,9-10H,1-5,7-8H2,(H,16,17). The molecule has 1 N–H and O–H groups in total. The van der Waals surface area contributed by atoms with Crippen LogP contribution in [0.25, 0.3) is 0 Å². The van der Waals surface area contributed by atoms with E-state index in [1.54, 1.807) is 6.07 Å². The summed E-state index contributed by atoms with van der Waals surface area (Å²) < 4.78 is 0. The molecule has 96 valence electrons. The molecule has 0 radical (unpaired) electrons. The van der Waals surface area contributed by atoms with E-state index in [2.05, 4.69) is 11.4 Å². The van der Waals surface area contributed by atoms with Crippen molar-refractivity contribution in [2.45, 2.75) is 50.5 Å². The van der Waals surface area contributed by atoms with Crippen LogP contribution in [0.4, 0.5) is 0 Å². The van der Waals surface area contributed by atoms with Crippen LogP contribution < -0.4 is 5.32 Å². The number of hydrogen-bond acceptors (Lipinski definition) is 3. The van der Waals surface area contributed by atoms with Gasteiger partial charge in [-0.05, 0) is 24.3 Å². The summed E-state index contributed by atoms with van der Waals surface area (Å²) in [5.74, 6) is -0.113. The second-order valence-corrected chi connectivity index (χ2v) is 5.71. The molecule has 1 fully saturated rings. The van der Waals surface area contributed by atoms with Gasteiger partial charge in [0, 0.05) is 5.38 Å². The van der Waals surface area contributed by atoms with Crippen LogP contribution in [0.5, 0.6) is 0 Å². The van der Waals surface area contributed by atoms with Crippen LogP contribution in [0.1, 0.15) is 55.3 Å². The van der Waals surface area contributed by atoms with E-state index < -0.39 is 5.54 Å². The molecule has 4 heteroatoms. The lowest BCUT2D eigenvalue weighted by molar-refractivity contribution is 0.0908. The lowest BCUT2D eigenvalue weighted by atomic mass is 9.85. The Morgan fingerprint density at radius 1 is 1.28 bits per heavy atom. The fourth-order valence-corrected chi connectivity index (χ4v) is 3.09. The van der Waals surface area contributed by atoms with Crippen LogP contribution >= 0.6 is 11.3 Å². The normalized spacial score (nSPS) is 19.3. The van der Waals surface area contributed by atoms with Gasteiger partial charge < -0.3 is 5.32 Å². The molecule has 1 heterocycles. The van der Waals surface area contributed by atoms with Crippen molar-refractivity contribution < 1.29 is 4.79 Å². The fourth-order valence-electron chi connectivity index (χ4n) is 2.46. The number of thiophene rings is 1. The Balaban J connectivity index is 2.07. The van der Waals surface area contributed by atoms with Crippen molar-refractivity contribution in [3.63, 3.8) is 0 Å². The summed E-state index contributed by atoms with van der Waals surface area (Å²) in [5.41, 5.74) is 0.0103. The van der Waals surface area contributed by atoms with Crippen LogP contribution in [0, 0.1) is 11.3 Å². The van der Waals surface area contributed by atoms with Crippen molar-refractivity contribution in [3.05, 3.63) is 22.4 Å². The Kier molecular flexibility index (Phi) is 4.38. The van der Waals surface area contributed by atoms with E-state index in [4.69, 9.17) is 0 Å². The molecule has 0 aliphatic heterocycles. The summed E-state index contributed by atoms with van der Waals surface area (Å²) in [6.45, 7) is 0. The largest absolute Gasteiger partial charge is 0.334 e. The number of nitrogens with one attached hydrogen (secondary N) is 1. The number of hydrogen-bond donors (Lipinski definition) is 1. The second kappa shape index (κ2) is 6.01. The van der Waals surface area contributed by atoms with Gasteiger partial charge in [-0.15, -0.1) is 0 Å². The van der Waals surface area contributed by atoms with Gasteiger partial charge in [0.2, 0.25) is 0 Å². The maximum Gasteiger partial charge on any atom is 0.253 e. The highest BCUT2D eigenvalue weighted by atomic mass is 32.1. The Bertz CT molecular complexity index is 425. The van der Waals surface area contributed by atoms with E-state index in [9.17, 15) is 10.1 Å². The van der Waals surface area contributed by atoms with E-state index in [1.165, 1.54) is 17.8 Å². The smallest absolute Gasteiger partial charge is 0.253 e. The molecule has 1 amide bonds. The molecule has 1 aliphatic rings. The average Bonchev–Trinajstić information content (AvgIpc) is 2.86. The topological polar surface area (TPSA) is 52.9 Å². The first-order valence-corrected chi connectivity index (χ1v) is 7.46. The minimum Gasteiger partial charge on any atom is -0.334 e. The second-order valence-electron chi connectivity index (χ2n) is 4.93. The van der Waals surface area contributed by atoms with Gasteiger partial charge in [-0.25, -0.2) is 0 Å². The van der Waals surface area contributed by atoms with Crippen LogP contribution in [-0.4, -0.2) is 11.4 Å². The summed E-state index contributed by atoms with van der Waals surface area (Å²) in [5, 5.41) is 16.1. The molecule has 2 rings (SSSR count). The molecule has 0 atom stereocenters. The maximum atomic E-state index is 12.1. The van der Waals surface area contributed by atoms with Crippen LogP contribution in [0.2, 0.25) is 0 Å². The Labute approximate surface area is 112 Å². The molecule has 0 unspecified atom stereocenters. The third-order valence-corrected chi connectivity index (χ3v) is 4.24. The summed E-state index contributed by atoms with van der Waals surface area (Å²) >= 11 is 1.50. The SMILES string of the molecule is N#CC1(NC(=O)c2ccsc2)CCCCCCC1. The molecule has 0 saturated heterocycles. The van der Waals surface area contributed by atoms with Gasteiger partial charge in [0.1, 0.15) is 5.54 Å². The van der Waals surface area contributed by atoms with Gasteiger partial charge in [0.25, 0.3) is 5.91 Å². The molecule has 1 aromatic rings. The number of carbonyl (C=O) groups excluding carboxylic acids is 1. The predicted molar refractivity (Wildman–Crippen MR) is 72.4 cm³/mol. The van der Waals surface area contributed by atoms with Gasteiger partial charge >= 0.3 is 0 Å². The summed E-state index contributed by atoms with van der Waals surface area (Å²) in [7, 11) is 0. The first-order valence-electron chi connectivity index (χ1n) is 6.52. The number of nitriles is 1. The van der Waals surface area contributed by atoms with Crippen molar-refractivity contribution in [3.8, 4) is 6.07 Å². The fraction of sp³-hybridized carbons (Fsp3) is 0.571. The Morgan fingerprint density at radius 2 is 1.94 bits per heavy atom. The maximum absolute atomic E-state index is 12.1. The summed E-state index contributed by atoms with van der Waals surface area (Å²) in [6, 6.07) is 4.15. The zero-order valence-corrected chi connectivity index (χ0v) is 11.3. The lowest BCUT2D eigenvalue weighted by Crippen LogP contribution is -2.47. The number of rotatable bonds is 2. The minimum atomic E-state index is -0.653. The van der Waals surface area contributed by atoms with Crippen LogP contribution in [0.3, 0.4) is 0 Å². The average molecular weight is 262 g/mol. The highest BCUT2D eigenvalue weighted by Gasteiger charge is 2.32. The summed E-state index contributed by atoms with van der Waals surface area (Å²) in [6.07, 6.45) is 7.18. The van der Waals surface area contributed by atoms with Crippen molar-refractivity contribution in [2.24, 2.45) is 0 Å². The number of amides is 1. The first-order chi connectivity index (χ1) is 8.76. The van der Waals surface area contributed by atoms with E-state index in [-0.39, 0.29) is 5.91 Å². The Morgan fingerprint density at radius 3 is 2.50 bits per heavy atom. The summed E-state index contributed by atoms with van der Waals surface area (Å²) in [4.78, 5) is 12.1. The Hall–Kier alpha value is -1.34. The van der Waals surface area contributed by atoms with E-state index in [0.717, 1.165) is 38.5 Å². The third-order valence-electron chi connectivity index (χ3n) is 3.56. The van der Waals surface area contributed by atoms with Crippen molar-refractivity contribution >= 4 is 17.2 Å². The zero-order valence-electron chi connectivity index (χ0n) is 10.4. The monoisotopic (exact) mass is 262 g/mol. The molecule has 0 bridgehead atoms. The van der Waals surface area contributed by atoms with Crippen molar-refractivity contribution in [2.75, 3.05) is 0 Å². The van der Waals surface area contributed by atoms with E-state index in [1.807, 2.05) is 10.8 Å². The molecule has 0 spiro atoms. The minimum absolute atomic E-state index is 0.113. The van der Waals surface area contributed by atoms with E-state index in [0.29, 0.717) is 5.56 Å². The number of carbonyl (C=O) groups is 1. The van der Waals surface area contributed by atoms with Crippen molar-refractivity contribution in [1.29, 1.82) is 5.26 Å². The third kappa shape index (κ3) is 3.11. The van der Waals surface area contributed by atoms with E-state index >= 15 is 0 Å². The van der Waals surface area contributed by atoms with Crippen LogP contribution in [-0.2, 0) is 0 Å². The van der Waals surface area contributed by atoms with Gasteiger partial charge in [-0.2, -0.15) is 16.6 Å². The predicted octanol–water partition coefficient (Wildman–Crippen LogP) is 3.48. The van der Waals surface area contributed by atoms with Gasteiger partial charge in [0.15, 0.2) is 0 Å². The molecule has 1 saturated carbocycles. The molecule has 1 aromatic heterocycles. The number of nitrogens with zero attached hydrogens (tertiary/aromatic N) is 1. The van der Waals surface area contributed by atoms with Crippen LogP contribution in [0.15, 0.2) is 16.8 Å². The molecular weight excluding hydrogens is 244 g/mol. The van der Waals surface area contributed by atoms with Gasteiger partial charge in [-0.1, -0.05) is 32.1 Å². The highest BCUT2D eigenvalue weighted by Crippen LogP contribution is 2.26. The highest BCUT2D eigenvalue weighted by molar-refractivity contribution is 7.08. The van der Waals surface area contributed by atoms with Crippen molar-refractivity contribution in [1.82, 2.24) is 5.32 Å². The molecule has 1 aliphatic carbocycles. The first kappa shape index (κ1) is 13.1.